The number of hydrogen-bond donors (Lipinski definition) is 0. The normalized spacial score (nSPS) is 22.6. The minimum absolute atomic E-state index is 0.900. The maximum absolute atomic E-state index is 2.67. The second-order valence-corrected chi connectivity index (χ2v) is 5.56. The molecule has 0 amide bonds. The standard InChI is InChI=1S/C14H29N/c1-4-13(2)8-9-14(3)12-15-10-6-5-7-11-15/h13-14H,4-12H2,1-3H3. The minimum atomic E-state index is 0.900. The Morgan fingerprint density at radius 3 is 2.13 bits per heavy atom. The van der Waals surface area contributed by atoms with Crippen LogP contribution in [0.15, 0.2) is 0 Å². The molecule has 0 aromatic heterocycles. The third kappa shape index (κ3) is 5.55. The van der Waals surface area contributed by atoms with E-state index in [-0.39, 0.29) is 0 Å². The SMILES string of the molecule is CCC(C)CCC(C)CN1CCCCC1. The lowest BCUT2D eigenvalue weighted by atomic mass is 9.95. The van der Waals surface area contributed by atoms with Gasteiger partial charge in [0.15, 0.2) is 0 Å². The fourth-order valence-electron chi connectivity index (χ4n) is 2.45. The largest absolute Gasteiger partial charge is 0.303 e. The Hall–Kier alpha value is -0.0400. The Labute approximate surface area is 96.2 Å². The van der Waals surface area contributed by atoms with Crippen molar-refractivity contribution in [3.05, 3.63) is 0 Å². The van der Waals surface area contributed by atoms with Gasteiger partial charge in [-0.2, -0.15) is 0 Å². The first kappa shape index (κ1) is 13.0. The smallest absolute Gasteiger partial charge is 0.000702 e. The third-order valence-electron chi connectivity index (χ3n) is 3.87. The lowest BCUT2D eigenvalue weighted by molar-refractivity contribution is 0.193. The summed E-state index contributed by atoms with van der Waals surface area (Å²) < 4.78 is 0. The molecule has 1 heteroatoms. The molecule has 1 aliphatic heterocycles. The van der Waals surface area contributed by atoms with Crippen molar-refractivity contribution in [2.24, 2.45) is 11.8 Å². The van der Waals surface area contributed by atoms with Gasteiger partial charge in [-0.05, 0) is 44.2 Å². The summed E-state index contributed by atoms with van der Waals surface area (Å²) in [6, 6.07) is 0. The van der Waals surface area contributed by atoms with Crippen molar-refractivity contribution >= 4 is 0 Å². The van der Waals surface area contributed by atoms with Gasteiger partial charge in [0.25, 0.3) is 0 Å². The monoisotopic (exact) mass is 211 g/mol. The van der Waals surface area contributed by atoms with Gasteiger partial charge in [0.2, 0.25) is 0 Å². The van der Waals surface area contributed by atoms with Crippen LogP contribution in [0.5, 0.6) is 0 Å². The van der Waals surface area contributed by atoms with Gasteiger partial charge in [0, 0.05) is 6.54 Å². The molecule has 15 heavy (non-hydrogen) atoms. The molecule has 1 fully saturated rings. The van der Waals surface area contributed by atoms with E-state index in [4.69, 9.17) is 0 Å². The predicted molar refractivity (Wildman–Crippen MR) is 68.1 cm³/mol. The summed E-state index contributed by atoms with van der Waals surface area (Å²) in [4.78, 5) is 2.67. The minimum Gasteiger partial charge on any atom is -0.303 e. The maximum Gasteiger partial charge on any atom is 0.000702 e. The van der Waals surface area contributed by atoms with Crippen LogP contribution in [-0.4, -0.2) is 24.5 Å². The molecule has 0 aromatic rings. The van der Waals surface area contributed by atoms with Crippen molar-refractivity contribution in [1.82, 2.24) is 4.90 Å². The summed E-state index contributed by atoms with van der Waals surface area (Å²) in [6.45, 7) is 11.2. The highest BCUT2D eigenvalue weighted by atomic mass is 15.1. The molecule has 1 saturated heterocycles. The molecule has 0 aromatic carbocycles. The summed E-state index contributed by atoms with van der Waals surface area (Å²) >= 11 is 0. The van der Waals surface area contributed by atoms with Crippen LogP contribution < -0.4 is 0 Å². The highest BCUT2D eigenvalue weighted by molar-refractivity contribution is 4.68. The van der Waals surface area contributed by atoms with Gasteiger partial charge in [0.1, 0.15) is 0 Å². The molecule has 1 heterocycles. The van der Waals surface area contributed by atoms with Gasteiger partial charge in [-0.25, -0.2) is 0 Å². The molecule has 90 valence electrons. The van der Waals surface area contributed by atoms with E-state index in [2.05, 4.69) is 25.7 Å². The fraction of sp³-hybridized carbons (Fsp3) is 1.00. The molecule has 0 N–H and O–H groups in total. The Morgan fingerprint density at radius 1 is 0.933 bits per heavy atom. The van der Waals surface area contributed by atoms with Gasteiger partial charge in [0.05, 0.1) is 0 Å². The fourth-order valence-corrected chi connectivity index (χ4v) is 2.45. The molecule has 0 radical (unpaired) electrons. The van der Waals surface area contributed by atoms with Crippen LogP contribution in [0.4, 0.5) is 0 Å². The molecular formula is C14H29N. The first-order chi connectivity index (χ1) is 7.22. The van der Waals surface area contributed by atoms with Crippen molar-refractivity contribution in [2.45, 2.75) is 59.3 Å². The van der Waals surface area contributed by atoms with Crippen molar-refractivity contribution in [3.63, 3.8) is 0 Å². The molecule has 2 atom stereocenters. The number of piperidine rings is 1. The summed E-state index contributed by atoms with van der Waals surface area (Å²) in [7, 11) is 0. The highest BCUT2D eigenvalue weighted by Crippen LogP contribution is 2.17. The zero-order valence-corrected chi connectivity index (χ0v) is 11.0. The molecule has 0 aliphatic carbocycles. The van der Waals surface area contributed by atoms with Crippen molar-refractivity contribution in [2.75, 3.05) is 19.6 Å². The van der Waals surface area contributed by atoms with E-state index in [9.17, 15) is 0 Å². The van der Waals surface area contributed by atoms with Crippen LogP contribution in [0, 0.1) is 11.8 Å². The molecule has 1 rings (SSSR count). The highest BCUT2D eigenvalue weighted by Gasteiger charge is 2.13. The number of rotatable bonds is 6. The van der Waals surface area contributed by atoms with Crippen LogP contribution in [0.25, 0.3) is 0 Å². The number of likely N-dealkylation sites (tertiary alicyclic amines) is 1. The Morgan fingerprint density at radius 2 is 1.53 bits per heavy atom. The van der Waals surface area contributed by atoms with Crippen molar-refractivity contribution < 1.29 is 0 Å². The van der Waals surface area contributed by atoms with Crippen LogP contribution >= 0.6 is 0 Å². The summed E-state index contributed by atoms with van der Waals surface area (Å²) in [5.74, 6) is 1.82. The van der Waals surface area contributed by atoms with Crippen LogP contribution in [0.3, 0.4) is 0 Å². The Bertz CT molecular complexity index is 149. The van der Waals surface area contributed by atoms with Crippen molar-refractivity contribution in [1.29, 1.82) is 0 Å². The van der Waals surface area contributed by atoms with E-state index >= 15 is 0 Å². The lowest BCUT2D eigenvalue weighted by Gasteiger charge is -2.29. The summed E-state index contributed by atoms with van der Waals surface area (Å²) in [5, 5.41) is 0. The van der Waals surface area contributed by atoms with Gasteiger partial charge < -0.3 is 4.90 Å². The zero-order valence-electron chi connectivity index (χ0n) is 11.0. The zero-order chi connectivity index (χ0) is 11.1. The first-order valence-corrected chi connectivity index (χ1v) is 6.94. The number of hydrogen-bond acceptors (Lipinski definition) is 1. The van der Waals surface area contributed by atoms with E-state index < -0.39 is 0 Å². The van der Waals surface area contributed by atoms with Gasteiger partial charge in [-0.3, -0.25) is 0 Å². The van der Waals surface area contributed by atoms with E-state index in [0.717, 1.165) is 11.8 Å². The van der Waals surface area contributed by atoms with E-state index in [1.807, 2.05) is 0 Å². The quantitative estimate of drug-likeness (QED) is 0.643. The molecule has 0 saturated carbocycles. The average molecular weight is 211 g/mol. The molecule has 2 unspecified atom stereocenters. The predicted octanol–water partition coefficient (Wildman–Crippen LogP) is 3.93. The maximum atomic E-state index is 2.67. The molecule has 0 spiro atoms. The van der Waals surface area contributed by atoms with Gasteiger partial charge in [-0.15, -0.1) is 0 Å². The lowest BCUT2D eigenvalue weighted by Crippen LogP contribution is -2.33. The Kier molecular flexibility index (Phi) is 6.31. The first-order valence-electron chi connectivity index (χ1n) is 6.94. The molecule has 1 aliphatic rings. The second-order valence-electron chi connectivity index (χ2n) is 5.56. The molecular weight excluding hydrogens is 182 g/mol. The summed E-state index contributed by atoms with van der Waals surface area (Å²) in [5.41, 5.74) is 0. The van der Waals surface area contributed by atoms with E-state index in [1.54, 1.807) is 0 Å². The van der Waals surface area contributed by atoms with E-state index in [0.29, 0.717) is 0 Å². The van der Waals surface area contributed by atoms with Crippen LogP contribution in [0.2, 0.25) is 0 Å². The number of nitrogens with zero attached hydrogens (tertiary/aromatic N) is 1. The second kappa shape index (κ2) is 7.27. The molecule has 1 nitrogen and oxygen atoms in total. The van der Waals surface area contributed by atoms with Crippen LogP contribution in [0.1, 0.15) is 59.3 Å². The summed E-state index contributed by atoms with van der Waals surface area (Å²) in [6.07, 6.45) is 8.50. The van der Waals surface area contributed by atoms with Gasteiger partial charge in [-0.1, -0.05) is 40.0 Å². The molecule has 0 bridgehead atoms. The Balaban J connectivity index is 2.08. The topological polar surface area (TPSA) is 3.24 Å². The van der Waals surface area contributed by atoms with E-state index in [1.165, 1.54) is 58.2 Å². The van der Waals surface area contributed by atoms with Crippen molar-refractivity contribution in [3.8, 4) is 0 Å². The average Bonchev–Trinajstić information content (AvgIpc) is 2.27. The van der Waals surface area contributed by atoms with Gasteiger partial charge >= 0.3 is 0 Å². The van der Waals surface area contributed by atoms with Crippen LogP contribution in [-0.2, 0) is 0 Å². The third-order valence-corrected chi connectivity index (χ3v) is 3.87.